The molecule has 0 fully saturated rings. The van der Waals surface area contributed by atoms with Gasteiger partial charge in [-0.15, -0.1) is 0 Å². The number of carbonyl (C=O) groups is 2. The van der Waals surface area contributed by atoms with Crippen molar-refractivity contribution in [1.82, 2.24) is 0 Å². The maximum absolute atomic E-state index is 12.3. The molecule has 0 aromatic heterocycles. The lowest BCUT2D eigenvalue weighted by molar-refractivity contribution is -0.137. The standard InChI is InChI=1S/C19H21NO4/c1-13-5-3-6-17(14(13)2)20-19(23)15-8-10-16(11-9-15)24-12-4-7-18(21)22/h3,5-6,8-11H,4,7,12H2,1-2H3,(H,20,23)(H,21,22). The second-order valence-electron chi connectivity index (χ2n) is 5.57. The van der Waals surface area contributed by atoms with Gasteiger partial charge in [0.1, 0.15) is 5.75 Å². The molecular weight excluding hydrogens is 306 g/mol. The molecule has 0 saturated heterocycles. The highest BCUT2D eigenvalue weighted by molar-refractivity contribution is 6.04. The van der Waals surface area contributed by atoms with E-state index in [1.54, 1.807) is 24.3 Å². The average molecular weight is 327 g/mol. The Kier molecular flexibility index (Phi) is 5.95. The topological polar surface area (TPSA) is 75.6 Å². The number of hydrogen-bond donors (Lipinski definition) is 2. The van der Waals surface area contributed by atoms with Gasteiger partial charge in [-0.1, -0.05) is 12.1 Å². The third kappa shape index (κ3) is 4.84. The first-order valence-corrected chi connectivity index (χ1v) is 7.79. The molecule has 2 rings (SSSR count). The van der Waals surface area contributed by atoms with Crippen LogP contribution in [-0.4, -0.2) is 23.6 Å². The van der Waals surface area contributed by atoms with Gasteiger partial charge in [0.15, 0.2) is 0 Å². The first kappa shape index (κ1) is 17.5. The van der Waals surface area contributed by atoms with Gasteiger partial charge in [-0.2, -0.15) is 0 Å². The highest BCUT2D eigenvalue weighted by Crippen LogP contribution is 2.19. The zero-order valence-corrected chi connectivity index (χ0v) is 13.8. The molecule has 126 valence electrons. The molecule has 0 atom stereocenters. The van der Waals surface area contributed by atoms with Gasteiger partial charge >= 0.3 is 5.97 Å². The van der Waals surface area contributed by atoms with Crippen LogP contribution in [0.15, 0.2) is 42.5 Å². The van der Waals surface area contributed by atoms with E-state index in [1.807, 2.05) is 32.0 Å². The van der Waals surface area contributed by atoms with Gasteiger partial charge in [0.25, 0.3) is 5.91 Å². The summed E-state index contributed by atoms with van der Waals surface area (Å²) in [4.78, 5) is 22.7. The Hall–Kier alpha value is -2.82. The van der Waals surface area contributed by atoms with E-state index in [0.717, 1.165) is 16.8 Å². The Morgan fingerprint density at radius 3 is 2.46 bits per heavy atom. The summed E-state index contributed by atoms with van der Waals surface area (Å²) in [5, 5.41) is 11.5. The maximum atomic E-state index is 12.3. The zero-order valence-electron chi connectivity index (χ0n) is 13.8. The molecule has 0 unspecified atom stereocenters. The van der Waals surface area contributed by atoms with E-state index in [9.17, 15) is 9.59 Å². The molecule has 2 N–H and O–H groups in total. The number of aliphatic carboxylic acids is 1. The largest absolute Gasteiger partial charge is 0.494 e. The molecule has 0 spiro atoms. The first-order chi connectivity index (χ1) is 11.5. The van der Waals surface area contributed by atoms with Crippen molar-refractivity contribution in [2.75, 3.05) is 11.9 Å². The van der Waals surface area contributed by atoms with Crippen molar-refractivity contribution in [2.45, 2.75) is 26.7 Å². The Morgan fingerprint density at radius 2 is 1.79 bits per heavy atom. The van der Waals surface area contributed by atoms with E-state index in [4.69, 9.17) is 9.84 Å². The summed E-state index contributed by atoms with van der Waals surface area (Å²) in [6, 6.07) is 12.6. The SMILES string of the molecule is Cc1cccc(NC(=O)c2ccc(OCCCC(=O)O)cc2)c1C. The third-order valence-electron chi connectivity index (χ3n) is 3.77. The number of anilines is 1. The van der Waals surface area contributed by atoms with Crippen molar-refractivity contribution in [1.29, 1.82) is 0 Å². The summed E-state index contributed by atoms with van der Waals surface area (Å²) in [5.41, 5.74) is 3.50. The number of amides is 1. The zero-order chi connectivity index (χ0) is 17.5. The van der Waals surface area contributed by atoms with Crippen LogP contribution in [0.25, 0.3) is 0 Å². The molecule has 5 nitrogen and oxygen atoms in total. The van der Waals surface area contributed by atoms with Crippen molar-refractivity contribution in [3.8, 4) is 5.75 Å². The van der Waals surface area contributed by atoms with E-state index in [2.05, 4.69) is 5.32 Å². The predicted octanol–water partition coefficient (Wildman–Crippen LogP) is 3.80. The fraction of sp³-hybridized carbons (Fsp3) is 0.263. The Morgan fingerprint density at radius 1 is 1.08 bits per heavy atom. The van der Waals surface area contributed by atoms with Crippen LogP contribution in [0.4, 0.5) is 5.69 Å². The van der Waals surface area contributed by atoms with Gasteiger partial charge in [-0.3, -0.25) is 9.59 Å². The first-order valence-electron chi connectivity index (χ1n) is 7.79. The fourth-order valence-corrected chi connectivity index (χ4v) is 2.20. The van der Waals surface area contributed by atoms with E-state index < -0.39 is 5.97 Å². The van der Waals surface area contributed by atoms with Crippen LogP contribution in [0.2, 0.25) is 0 Å². The summed E-state index contributed by atoms with van der Waals surface area (Å²) in [7, 11) is 0. The predicted molar refractivity (Wildman–Crippen MR) is 92.7 cm³/mol. The third-order valence-corrected chi connectivity index (χ3v) is 3.77. The molecule has 2 aromatic rings. The normalized spacial score (nSPS) is 10.2. The van der Waals surface area contributed by atoms with Crippen LogP contribution in [0, 0.1) is 13.8 Å². The van der Waals surface area contributed by atoms with Crippen LogP contribution in [0.5, 0.6) is 5.75 Å². The van der Waals surface area contributed by atoms with Crippen molar-refractivity contribution in [2.24, 2.45) is 0 Å². The minimum Gasteiger partial charge on any atom is -0.494 e. The summed E-state index contributed by atoms with van der Waals surface area (Å²) in [6.07, 6.45) is 0.528. The summed E-state index contributed by atoms with van der Waals surface area (Å²) >= 11 is 0. The molecule has 0 saturated carbocycles. The number of benzene rings is 2. The molecule has 0 aliphatic heterocycles. The van der Waals surface area contributed by atoms with Gasteiger partial charge in [-0.25, -0.2) is 0 Å². The number of aryl methyl sites for hydroxylation is 1. The number of rotatable bonds is 7. The molecule has 0 aliphatic carbocycles. The lowest BCUT2D eigenvalue weighted by atomic mass is 10.1. The van der Waals surface area contributed by atoms with Crippen LogP contribution >= 0.6 is 0 Å². The van der Waals surface area contributed by atoms with Crippen LogP contribution in [0.1, 0.15) is 34.3 Å². The second-order valence-corrected chi connectivity index (χ2v) is 5.57. The van der Waals surface area contributed by atoms with Crippen molar-refractivity contribution in [3.05, 3.63) is 59.2 Å². The Balaban J connectivity index is 1.93. The van der Waals surface area contributed by atoms with Gasteiger partial charge in [-0.05, 0) is 61.7 Å². The minimum absolute atomic E-state index is 0.0797. The van der Waals surface area contributed by atoms with E-state index >= 15 is 0 Å². The van der Waals surface area contributed by atoms with Crippen molar-refractivity contribution in [3.63, 3.8) is 0 Å². The van der Waals surface area contributed by atoms with E-state index in [0.29, 0.717) is 24.3 Å². The summed E-state index contributed by atoms with van der Waals surface area (Å²) in [5.74, 6) is -0.401. The quantitative estimate of drug-likeness (QED) is 0.759. The molecule has 5 heteroatoms. The number of carbonyl (C=O) groups excluding carboxylic acids is 1. The number of ether oxygens (including phenoxy) is 1. The fourth-order valence-electron chi connectivity index (χ4n) is 2.20. The van der Waals surface area contributed by atoms with Crippen LogP contribution in [0.3, 0.4) is 0 Å². The van der Waals surface area contributed by atoms with Crippen molar-refractivity contribution >= 4 is 17.6 Å². The van der Waals surface area contributed by atoms with E-state index in [-0.39, 0.29) is 12.3 Å². The summed E-state index contributed by atoms with van der Waals surface area (Å²) < 4.78 is 5.45. The molecule has 0 aliphatic rings. The number of nitrogens with one attached hydrogen (secondary N) is 1. The minimum atomic E-state index is -0.836. The lowest BCUT2D eigenvalue weighted by Crippen LogP contribution is -2.13. The second kappa shape index (κ2) is 8.15. The number of hydrogen-bond acceptors (Lipinski definition) is 3. The lowest BCUT2D eigenvalue weighted by Gasteiger charge is -2.11. The maximum Gasteiger partial charge on any atom is 0.303 e. The highest BCUT2D eigenvalue weighted by Gasteiger charge is 2.09. The molecule has 24 heavy (non-hydrogen) atoms. The van der Waals surface area contributed by atoms with Gasteiger partial charge in [0.2, 0.25) is 0 Å². The smallest absolute Gasteiger partial charge is 0.303 e. The highest BCUT2D eigenvalue weighted by atomic mass is 16.5. The van der Waals surface area contributed by atoms with Gasteiger partial charge in [0, 0.05) is 17.7 Å². The Labute approximate surface area is 141 Å². The monoisotopic (exact) mass is 327 g/mol. The van der Waals surface area contributed by atoms with Crippen LogP contribution < -0.4 is 10.1 Å². The summed E-state index contributed by atoms with van der Waals surface area (Å²) in [6.45, 7) is 4.31. The molecule has 0 bridgehead atoms. The average Bonchev–Trinajstić information content (AvgIpc) is 2.56. The molecule has 0 heterocycles. The van der Waals surface area contributed by atoms with Crippen molar-refractivity contribution < 1.29 is 19.4 Å². The molecule has 1 amide bonds. The molecule has 2 aromatic carbocycles. The molecule has 0 radical (unpaired) electrons. The number of carboxylic acid groups (broad SMARTS) is 1. The van der Waals surface area contributed by atoms with Gasteiger partial charge in [0.05, 0.1) is 6.61 Å². The van der Waals surface area contributed by atoms with E-state index in [1.165, 1.54) is 0 Å². The number of carboxylic acids is 1. The van der Waals surface area contributed by atoms with Crippen LogP contribution in [-0.2, 0) is 4.79 Å². The Bertz CT molecular complexity index is 723. The van der Waals surface area contributed by atoms with Gasteiger partial charge < -0.3 is 15.2 Å². The molecular formula is C19H21NO4.